The van der Waals surface area contributed by atoms with Gasteiger partial charge in [0.15, 0.2) is 6.29 Å². The fourth-order valence-electron chi connectivity index (χ4n) is 2.27. The minimum Gasteiger partial charge on any atom is -0.357 e. The van der Waals surface area contributed by atoms with Crippen LogP contribution >= 0.6 is 0 Å². The highest BCUT2D eigenvalue weighted by molar-refractivity contribution is 5.73. The first-order valence-electron chi connectivity index (χ1n) is 5.81. The molecule has 0 aliphatic heterocycles. The Bertz CT molecular complexity index is 361. The van der Waals surface area contributed by atoms with Gasteiger partial charge < -0.3 is 4.90 Å². The van der Waals surface area contributed by atoms with E-state index in [0.717, 1.165) is 12.1 Å². The molecular weight excluding hydrogens is 202 g/mol. The summed E-state index contributed by atoms with van der Waals surface area (Å²) in [5, 5.41) is 0. The van der Waals surface area contributed by atoms with Gasteiger partial charge in [-0.1, -0.05) is 19.3 Å². The Morgan fingerprint density at radius 3 is 2.75 bits per heavy atom. The van der Waals surface area contributed by atoms with Crippen LogP contribution in [-0.2, 0) is 0 Å². The smallest absolute Gasteiger partial charge is 0.168 e. The molecular formula is C12H17N3O. The summed E-state index contributed by atoms with van der Waals surface area (Å²) in [7, 11) is 2.05. The Hall–Kier alpha value is -1.45. The van der Waals surface area contributed by atoms with Gasteiger partial charge in [-0.15, -0.1) is 0 Å². The van der Waals surface area contributed by atoms with Crippen LogP contribution in [0, 0.1) is 0 Å². The highest BCUT2D eigenvalue weighted by Crippen LogP contribution is 2.24. The molecule has 1 heterocycles. The molecule has 1 aromatic rings. The first-order chi connectivity index (χ1) is 7.81. The maximum atomic E-state index is 10.6. The maximum absolute atomic E-state index is 10.6. The number of carbonyl (C=O) groups is 1. The van der Waals surface area contributed by atoms with Crippen molar-refractivity contribution in [1.82, 2.24) is 9.97 Å². The van der Waals surface area contributed by atoms with E-state index in [2.05, 4.69) is 14.9 Å². The predicted octanol–water partition coefficient (Wildman–Crippen LogP) is 2.06. The van der Waals surface area contributed by atoms with Crippen molar-refractivity contribution in [2.24, 2.45) is 0 Å². The van der Waals surface area contributed by atoms with Gasteiger partial charge in [-0.25, -0.2) is 9.97 Å². The van der Waals surface area contributed by atoms with Crippen molar-refractivity contribution in [2.45, 2.75) is 38.1 Å². The minimum absolute atomic E-state index is 0.452. The summed E-state index contributed by atoms with van der Waals surface area (Å²) in [6.45, 7) is 0. The Labute approximate surface area is 95.7 Å². The average molecular weight is 219 g/mol. The Morgan fingerprint density at radius 1 is 1.31 bits per heavy atom. The van der Waals surface area contributed by atoms with Crippen LogP contribution in [0.2, 0.25) is 0 Å². The SMILES string of the molecule is CN(c1cc(C=O)ncn1)C1CCCCC1. The molecule has 0 amide bonds. The van der Waals surface area contributed by atoms with E-state index >= 15 is 0 Å². The van der Waals surface area contributed by atoms with Crippen LogP contribution in [0.1, 0.15) is 42.6 Å². The first kappa shape index (κ1) is 11.0. The number of rotatable bonds is 3. The van der Waals surface area contributed by atoms with Crippen molar-refractivity contribution in [3.05, 3.63) is 18.1 Å². The van der Waals surface area contributed by atoms with Crippen molar-refractivity contribution in [2.75, 3.05) is 11.9 Å². The van der Waals surface area contributed by atoms with Crippen LogP contribution in [0.3, 0.4) is 0 Å². The molecule has 1 aliphatic carbocycles. The average Bonchev–Trinajstić information content (AvgIpc) is 2.39. The topological polar surface area (TPSA) is 46.1 Å². The van der Waals surface area contributed by atoms with Crippen molar-refractivity contribution in [1.29, 1.82) is 0 Å². The summed E-state index contributed by atoms with van der Waals surface area (Å²) in [6, 6.07) is 2.31. The van der Waals surface area contributed by atoms with Crippen LogP contribution < -0.4 is 4.90 Å². The maximum Gasteiger partial charge on any atom is 0.168 e. The number of nitrogens with zero attached hydrogens (tertiary/aromatic N) is 3. The molecule has 1 fully saturated rings. The Kier molecular flexibility index (Phi) is 3.49. The van der Waals surface area contributed by atoms with Gasteiger partial charge in [0.2, 0.25) is 0 Å². The predicted molar refractivity (Wildman–Crippen MR) is 62.7 cm³/mol. The molecule has 4 nitrogen and oxygen atoms in total. The zero-order valence-electron chi connectivity index (χ0n) is 9.59. The standard InChI is InChI=1S/C12H17N3O/c1-15(11-5-3-2-4-6-11)12-7-10(8-16)13-9-14-12/h7-9,11H,2-6H2,1H3. The number of anilines is 1. The monoisotopic (exact) mass is 219 g/mol. The summed E-state index contributed by atoms with van der Waals surface area (Å²) >= 11 is 0. The number of hydrogen-bond acceptors (Lipinski definition) is 4. The molecule has 1 aliphatic rings. The summed E-state index contributed by atoms with van der Waals surface area (Å²) in [5.74, 6) is 0.851. The molecule has 1 aromatic heterocycles. The van der Waals surface area contributed by atoms with Crippen LogP contribution in [0.25, 0.3) is 0 Å². The molecule has 86 valence electrons. The van der Waals surface area contributed by atoms with Gasteiger partial charge in [0.05, 0.1) is 0 Å². The van der Waals surface area contributed by atoms with E-state index < -0.39 is 0 Å². The van der Waals surface area contributed by atoms with Crippen molar-refractivity contribution < 1.29 is 4.79 Å². The molecule has 1 saturated carbocycles. The molecule has 0 saturated heterocycles. The number of aromatic nitrogens is 2. The second-order valence-corrected chi connectivity index (χ2v) is 4.32. The molecule has 0 unspecified atom stereocenters. The molecule has 0 spiro atoms. The number of aldehydes is 1. The highest BCUT2D eigenvalue weighted by Gasteiger charge is 2.19. The quantitative estimate of drug-likeness (QED) is 0.730. The van der Waals surface area contributed by atoms with Gasteiger partial charge in [-0.3, -0.25) is 4.79 Å². The summed E-state index contributed by atoms with van der Waals surface area (Å²) < 4.78 is 0. The van der Waals surface area contributed by atoms with Gasteiger partial charge in [0.25, 0.3) is 0 Å². The lowest BCUT2D eigenvalue weighted by Crippen LogP contribution is -2.34. The number of carbonyl (C=O) groups excluding carboxylic acids is 1. The molecule has 0 bridgehead atoms. The molecule has 0 radical (unpaired) electrons. The van der Waals surface area contributed by atoms with Gasteiger partial charge in [-0.2, -0.15) is 0 Å². The van der Waals surface area contributed by atoms with E-state index in [4.69, 9.17) is 0 Å². The van der Waals surface area contributed by atoms with Crippen LogP contribution in [0.5, 0.6) is 0 Å². The van der Waals surface area contributed by atoms with Crippen molar-refractivity contribution >= 4 is 12.1 Å². The van der Waals surface area contributed by atoms with Crippen molar-refractivity contribution in [3.8, 4) is 0 Å². The zero-order valence-corrected chi connectivity index (χ0v) is 9.59. The van der Waals surface area contributed by atoms with E-state index in [-0.39, 0.29) is 0 Å². The van der Waals surface area contributed by atoms with Gasteiger partial charge in [0.1, 0.15) is 17.8 Å². The van der Waals surface area contributed by atoms with E-state index in [0.29, 0.717) is 11.7 Å². The fraction of sp³-hybridized carbons (Fsp3) is 0.583. The number of hydrogen-bond donors (Lipinski definition) is 0. The Balaban J connectivity index is 2.12. The largest absolute Gasteiger partial charge is 0.357 e. The molecule has 2 rings (SSSR count). The highest BCUT2D eigenvalue weighted by atomic mass is 16.1. The summed E-state index contributed by atoms with van der Waals surface area (Å²) in [5.41, 5.74) is 0.452. The normalized spacial score (nSPS) is 17.1. The molecule has 16 heavy (non-hydrogen) atoms. The lowest BCUT2D eigenvalue weighted by atomic mass is 9.94. The van der Waals surface area contributed by atoms with E-state index in [1.54, 1.807) is 6.07 Å². The molecule has 4 heteroatoms. The third-order valence-electron chi connectivity index (χ3n) is 3.28. The van der Waals surface area contributed by atoms with Crippen molar-refractivity contribution in [3.63, 3.8) is 0 Å². The van der Waals surface area contributed by atoms with E-state index in [1.807, 2.05) is 7.05 Å². The van der Waals surface area contributed by atoms with Gasteiger partial charge >= 0.3 is 0 Å². The Morgan fingerprint density at radius 2 is 2.06 bits per heavy atom. The lowest BCUT2D eigenvalue weighted by Gasteiger charge is -2.31. The zero-order chi connectivity index (χ0) is 11.4. The second kappa shape index (κ2) is 5.05. The second-order valence-electron chi connectivity index (χ2n) is 4.32. The fourth-order valence-corrected chi connectivity index (χ4v) is 2.27. The third kappa shape index (κ3) is 2.38. The third-order valence-corrected chi connectivity index (χ3v) is 3.28. The summed E-state index contributed by atoms with van der Waals surface area (Å²) in [4.78, 5) is 20.9. The van der Waals surface area contributed by atoms with E-state index in [9.17, 15) is 4.79 Å². The van der Waals surface area contributed by atoms with Gasteiger partial charge in [0, 0.05) is 19.2 Å². The van der Waals surface area contributed by atoms with Crippen LogP contribution in [0.4, 0.5) is 5.82 Å². The molecule has 0 N–H and O–H groups in total. The molecule has 0 aromatic carbocycles. The van der Waals surface area contributed by atoms with Crippen LogP contribution in [-0.4, -0.2) is 29.3 Å². The van der Waals surface area contributed by atoms with Crippen LogP contribution in [0.15, 0.2) is 12.4 Å². The van der Waals surface area contributed by atoms with Gasteiger partial charge in [-0.05, 0) is 12.8 Å². The molecule has 0 atom stereocenters. The summed E-state index contributed by atoms with van der Waals surface area (Å²) in [6.07, 6.45) is 8.58. The first-order valence-corrected chi connectivity index (χ1v) is 5.81. The minimum atomic E-state index is 0.452. The van der Waals surface area contributed by atoms with E-state index in [1.165, 1.54) is 38.4 Å². The lowest BCUT2D eigenvalue weighted by molar-refractivity contribution is 0.111.